The van der Waals surface area contributed by atoms with Crippen molar-refractivity contribution in [2.45, 2.75) is 6.42 Å². The molecule has 21 heavy (non-hydrogen) atoms. The van der Waals surface area contributed by atoms with Crippen LogP contribution in [0.1, 0.15) is 5.56 Å². The number of hydrogen-bond donors (Lipinski definition) is 2. The number of benzene rings is 1. The quantitative estimate of drug-likeness (QED) is 0.793. The Hall–Kier alpha value is -2.57. The molecule has 1 heterocycles. The van der Waals surface area contributed by atoms with Gasteiger partial charge in [-0.2, -0.15) is 0 Å². The third-order valence-corrected chi connectivity index (χ3v) is 3.29. The smallest absolute Gasteiger partial charge is 0.323 e. The van der Waals surface area contributed by atoms with E-state index in [1.165, 1.54) is 21.9 Å². The molecule has 0 bridgehead atoms. The van der Waals surface area contributed by atoms with Gasteiger partial charge in [0.2, 0.25) is 11.8 Å². The van der Waals surface area contributed by atoms with E-state index in [-0.39, 0.29) is 43.6 Å². The zero-order chi connectivity index (χ0) is 15.4. The molecule has 2 amide bonds. The van der Waals surface area contributed by atoms with Crippen LogP contribution in [0, 0.1) is 0 Å². The van der Waals surface area contributed by atoms with Crippen molar-refractivity contribution in [1.29, 1.82) is 0 Å². The molecular formula is C14H16N2O5. The number of carboxylic acid groups (broad SMARTS) is 1. The van der Waals surface area contributed by atoms with Crippen LogP contribution in [-0.4, -0.2) is 64.0 Å². The fourth-order valence-electron chi connectivity index (χ4n) is 2.15. The molecule has 1 fully saturated rings. The first-order valence-corrected chi connectivity index (χ1v) is 6.51. The fourth-order valence-corrected chi connectivity index (χ4v) is 2.15. The number of phenols is 1. The third-order valence-electron chi connectivity index (χ3n) is 3.29. The number of carbonyl (C=O) groups is 3. The lowest BCUT2D eigenvalue weighted by atomic mass is 10.1. The Labute approximate surface area is 121 Å². The fraction of sp³-hybridized carbons (Fsp3) is 0.357. The number of aliphatic carboxylic acids is 1. The molecule has 112 valence electrons. The highest BCUT2D eigenvalue weighted by Crippen LogP contribution is 2.12. The van der Waals surface area contributed by atoms with Gasteiger partial charge in [-0.15, -0.1) is 0 Å². The average Bonchev–Trinajstić information content (AvgIpc) is 2.43. The summed E-state index contributed by atoms with van der Waals surface area (Å²) in [7, 11) is 0. The zero-order valence-corrected chi connectivity index (χ0v) is 11.4. The molecule has 1 aliphatic heterocycles. The largest absolute Gasteiger partial charge is 0.508 e. The van der Waals surface area contributed by atoms with Crippen LogP contribution in [0.5, 0.6) is 5.75 Å². The number of rotatable bonds is 4. The van der Waals surface area contributed by atoms with Crippen molar-refractivity contribution < 1.29 is 24.6 Å². The Morgan fingerprint density at radius 1 is 1.14 bits per heavy atom. The molecule has 0 spiro atoms. The normalized spacial score (nSPS) is 15.1. The Kier molecular flexibility index (Phi) is 4.42. The molecule has 2 rings (SSSR count). The predicted molar refractivity (Wildman–Crippen MR) is 72.6 cm³/mol. The number of carboxylic acids is 1. The summed E-state index contributed by atoms with van der Waals surface area (Å²) < 4.78 is 0. The summed E-state index contributed by atoms with van der Waals surface area (Å²) >= 11 is 0. The molecule has 0 unspecified atom stereocenters. The summed E-state index contributed by atoms with van der Waals surface area (Å²) in [4.78, 5) is 37.1. The van der Waals surface area contributed by atoms with Crippen LogP contribution < -0.4 is 0 Å². The molecular weight excluding hydrogens is 276 g/mol. The first kappa shape index (κ1) is 14.8. The van der Waals surface area contributed by atoms with Crippen LogP contribution in [0.4, 0.5) is 0 Å². The average molecular weight is 292 g/mol. The molecule has 0 atom stereocenters. The van der Waals surface area contributed by atoms with E-state index in [0.717, 1.165) is 5.56 Å². The number of aromatic hydroxyl groups is 1. The molecule has 7 nitrogen and oxygen atoms in total. The topological polar surface area (TPSA) is 98.2 Å². The highest BCUT2D eigenvalue weighted by molar-refractivity contribution is 5.88. The van der Waals surface area contributed by atoms with E-state index in [0.29, 0.717) is 6.54 Å². The van der Waals surface area contributed by atoms with Gasteiger partial charge < -0.3 is 20.0 Å². The Bertz CT molecular complexity index is 555. The maximum atomic E-state index is 12.1. The minimum absolute atomic E-state index is 0.0931. The molecule has 0 aliphatic carbocycles. The molecule has 0 radical (unpaired) electrons. The monoisotopic (exact) mass is 292 g/mol. The van der Waals surface area contributed by atoms with Gasteiger partial charge >= 0.3 is 5.97 Å². The third kappa shape index (κ3) is 3.95. The van der Waals surface area contributed by atoms with Crippen molar-refractivity contribution in [1.82, 2.24) is 9.80 Å². The number of phenolic OH excluding ortho intramolecular Hbond substituents is 1. The zero-order valence-electron chi connectivity index (χ0n) is 11.4. The maximum Gasteiger partial charge on any atom is 0.323 e. The SMILES string of the molecule is O=C(O)CN1CCN(C(=O)Cc2ccc(O)cc2)CC1=O. The van der Waals surface area contributed by atoms with Gasteiger partial charge in [-0.3, -0.25) is 14.4 Å². The minimum atomic E-state index is -1.06. The number of piperazine rings is 1. The molecule has 1 saturated heterocycles. The number of amides is 2. The van der Waals surface area contributed by atoms with Gasteiger partial charge in [-0.1, -0.05) is 12.1 Å². The van der Waals surface area contributed by atoms with E-state index in [1.54, 1.807) is 12.1 Å². The van der Waals surface area contributed by atoms with Gasteiger partial charge in [0.1, 0.15) is 12.3 Å². The van der Waals surface area contributed by atoms with Crippen molar-refractivity contribution >= 4 is 17.8 Å². The van der Waals surface area contributed by atoms with E-state index >= 15 is 0 Å². The lowest BCUT2D eigenvalue weighted by Crippen LogP contribution is -2.53. The molecule has 0 saturated carbocycles. The number of carbonyl (C=O) groups excluding carboxylic acids is 2. The van der Waals surface area contributed by atoms with Crippen LogP contribution in [0.2, 0.25) is 0 Å². The number of hydrogen-bond acceptors (Lipinski definition) is 4. The summed E-state index contributed by atoms with van der Waals surface area (Å²) in [6, 6.07) is 6.29. The maximum absolute atomic E-state index is 12.1. The lowest BCUT2D eigenvalue weighted by Gasteiger charge is -2.33. The molecule has 7 heteroatoms. The van der Waals surface area contributed by atoms with Crippen molar-refractivity contribution in [2.75, 3.05) is 26.2 Å². The predicted octanol–water partition coefficient (Wildman–Crippen LogP) is -0.310. The van der Waals surface area contributed by atoms with E-state index < -0.39 is 5.97 Å². The second kappa shape index (κ2) is 6.25. The molecule has 0 aromatic heterocycles. The lowest BCUT2D eigenvalue weighted by molar-refractivity contribution is -0.150. The molecule has 1 aromatic rings. The summed E-state index contributed by atoms with van der Waals surface area (Å²) in [6.45, 7) is 0.130. The molecule has 2 N–H and O–H groups in total. The first-order chi connectivity index (χ1) is 9.95. The van der Waals surface area contributed by atoms with Gasteiger partial charge in [0.15, 0.2) is 0 Å². The van der Waals surface area contributed by atoms with Gasteiger partial charge in [0.25, 0.3) is 0 Å². The second-order valence-corrected chi connectivity index (χ2v) is 4.87. The van der Waals surface area contributed by atoms with Crippen molar-refractivity contribution in [3.63, 3.8) is 0 Å². The minimum Gasteiger partial charge on any atom is -0.508 e. The second-order valence-electron chi connectivity index (χ2n) is 4.87. The Morgan fingerprint density at radius 2 is 1.81 bits per heavy atom. The summed E-state index contributed by atoms with van der Waals surface area (Å²) in [5.41, 5.74) is 0.748. The van der Waals surface area contributed by atoms with Crippen LogP contribution in [0.3, 0.4) is 0 Å². The van der Waals surface area contributed by atoms with Crippen LogP contribution in [-0.2, 0) is 20.8 Å². The molecule has 1 aromatic carbocycles. The van der Waals surface area contributed by atoms with Crippen LogP contribution in [0.25, 0.3) is 0 Å². The van der Waals surface area contributed by atoms with Gasteiger partial charge in [-0.05, 0) is 17.7 Å². The van der Waals surface area contributed by atoms with E-state index in [4.69, 9.17) is 5.11 Å². The Morgan fingerprint density at radius 3 is 2.38 bits per heavy atom. The van der Waals surface area contributed by atoms with Crippen molar-refractivity contribution in [3.05, 3.63) is 29.8 Å². The summed E-state index contributed by atoms with van der Waals surface area (Å²) in [5, 5.41) is 17.9. The first-order valence-electron chi connectivity index (χ1n) is 6.51. The number of nitrogens with zero attached hydrogens (tertiary/aromatic N) is 2. The highest BCUT2D eigenvalue weighted by atomic mass is 16.4. The molecule has 1 aliphatic rings. The summed E-state index contributed by atoms with van der Waals surface area (Å²) in [5.74, 6) is -1.48. The van der Waals surface area contributed by atoms with E-state index in [1.807, 2.05) is 0 Å². The van der Waals surface area contributed by atoms with Crippen molar-refractivity contribution in [3.8, 4) is 5.75 Å². The summed E-state index contributed by atoms with van der Waals surface area (Å²) in [6.07, 6.45) is 0.145. The van der Waals surface area contributed by atoms with Crippen LogP contribution in [0.15, 0.2) is 24.3 Å². The van der Waals surface area contributed by atoms with Gasteiger partial charge in [0.05, 0.1) is 13.0 Å². The van der Waals surface area contributed by atoms with Gasteiger partial charge in [-0.25, -0.2) is 0 Å². The van der Waals surface area contributed by atoms with Gasteiger partial charge in [0, 0.05) is 13.1 Å². The highest BCUT2D eigenvalue weighted by Gasteiger charge is 2.28. The van der Waals surface area contributed by atoms with Crippen molar-refractivity contribution in [2.24, 2.45) is 0 Å². The van der Waals surface area contributed by atoms with E-state index in [9.17, 15) is 19.5 Å². The van der Waals surface area contributed by atoms with Crippen LogP contribution >= 0.6 is 0 Å². The van der Waals surface area contributed by atoms with E-state index in [2.05, 4.69) is 0 Å². The standard InChI is InChI=1S/C14H16N2O5/c17-11-3-1-10(2-4-11)7-12(18)15-5-6-16(9-14(20)21)13(19)8-15/h1-4,17H,5-9H2,(H,20,21). The Balaban J connectivity index is 1.91.